The molecule has 21 heavy (non-hydrogen) atoms. The Kier molecular flexibility index (Phi) is 6.98. The molecule has 0 aromatic heterocycles. The lowest BCUT2D eigenvalue weighted by Gasteiger charge is -2.15. The van der Waals surface area contributed by atoms with Crippen LogP contribution >= 0.6 is 27.5 Å². The zero-order chi connectivity index (χ0) is 16.0. The average molecular weight is 378 g/mol. The van der Waals surface area contributed by atoms with Gasteiger partial charge in [0.1, 0.15) is 0 Å². The predicted octanol–water partition coefficient (Wildman–Crippen LogP) is 4.03. The van der Waals surface area contributed by atoms with Crippen LogP contribution in [0.25, 0.3) is 0 Å². The number of carboxylic acid groups (broad SMARTS) is 1. The first kappa shape index (κ1) is 17.8. The Morgan fingerprint density at radius 3 is 2.67 bits per heavy atom. The molecule has 1 aromatic carbocycles. The lowest BCUT2D eigenvalue weighted by Crippen LogP contribution is -2.33. The Balaban J connectivity index is 2.58. The number of carbonyl (C=O) groups excluding carboxylic acids is 1. The van der Waals surface area contributed by atoms with E-state index >= 15 is 0 Å². The number of rotatable bonds is 6. The van der Waals surface area contributed by atoms with Crippen LogP contribution in [-0.2, 0) is 4.79 Å². The Hall–Kier alpha value is -1.27. The van der Waals surface area contributed by atoms with Crippen molar-refractivity contribution in [3.63, 3.8) is 0 Å². The van der Waals surface area contributed by atoms with Crippen LogP contribution in [0.3, 0.4) is 0 Å². The van der Waals surface area contributed by atoms with Gasteiger partial charge in [-0.25, -0.2) is 4.79 Å². The molecule has 116 valence electrons. The lowest BCUT2D eigenvalue weighted by molar-refractivity contribution is -0.138. The van der Waals surface area contributed by atoms with Crippen molar-refractivity contribution < 1.29 is 14.7 Å². The van der Waals surface area contributed by atoms with Gasteiger partial charge in [-0.15, -0.1) is 0 Å². The second kappa shape index (κ2) is 8.24. The van der Waals surface area contributed by atoms with Crippen LogP contribution in [-0.4, -0.2) is 23.7 Å². The SMILES string of the molecule is CCC(CNC(=O)Nc1cc(Cl)c(C)cc1Br)CC(=O)O. The first-order valence-corrected chi connectivity index (χ1v) is 7.72. The van der Waals surface area contributed by atoms with Gasteiger partial charge in [0.05, 0.1) is 5.69 Å². The molecule has 0 aliphatic rings. The Bertz CT molecular complexity index is 537. The molecule has 0 saturated heterocycles. The third kappa shape index (κ3) is 5.93. The molecule has 0 bridgehead atoms. The second-order valence-electron chi connectivity index (χ2n) is 4.79. The van der Waals surface area contributed by atoms with Crippen LogP contribution in [0.5, 0.6) is 0 Å². The summed E-state index contributed by atoms with van der Waals surface area (Å²) < 4.78 is 0.733. The highest BCUT2D eigenvalue weighted by atomic mass is 79.9. The van der Waals surface area contributed by atoms with Gasteiger partial charge in [0.15, 0.2) is 0 Å². The largest absolute Gasteiger partial charge is 0.481 e. The maximum Gasteiger partial charge on any atom is 0.319 e. The van der Waals surface area contributed by atoms with Crippen LogP contribution < -0.4 is 10.6 Å². The third-order valence-corrected chi connectivity index (χ3v) is 4.15. The average Bonchev–Trinajstić information content (AvgIpc) is 2.40. The van der Waals surface area contributed by atoms with Gasteiger partial charge in [-0.3, -0.25) is 4.79 Å². The molecule has 1 atom stereocenters. The van der Waals surface area contributed by atoms with Crippen molar-refractivity contribution >= 4 is 45.2 Å². The Labute approximate surface area is 137 Å². The fraction of sp³-hybridized carbons (Fsp3) is 0.429. The summed E-state index contributed by atoms with van der Waals surface area (Å²) >= 11 is 9.38. The standard InChI is InChI=1S/C14H18BrClN2O3/c1-3-9(5-13(19)20)7-17-14(21)18-12-6-11(16)8(2)4-10(12)15/h4,6,9H,3,5,7H2,1-2H3,(H,19,20)(H2,17,18,21). The van der Waals surface area contributed by atoms with Crippen LogP contribution in [0.4, 0.5) is 10.5 Å². The summed E-state index contributed by atoms with van der Waals surface area (Å²) in [6.45, 7) is 4.07. The van der Waals surface area contributed by atoms with Gasteiger partial charge in [-0.05, 0) is 46.5 Å². The molecule has 3 N–H and O–H groups in total. The summed E-state index contributed by atoms with van der Waals surface area (Å²) in [5.41, 5.74) is 1.47. The zero-order valence-corrected chi connectivity index (χ0v) is 14.2. The highest BCUT2D eigenvalue weighted by Gasteiger charge is 2.13. The first-order chi connectivity index (χ1) is 9.83. The van der Waals surface area contributed by atoms with E-state index in [0.717, 1.165) is 10.0 Å². The zero-order valence-electron chi connectivity index (χ0n) is 11.9. The number of benzene rings is 1. The number of nitrogens with one attached hydrogen (secondary N) is 2. The van der Waals surface area contributed by atoms with Gasteiger partial charge in [-0.1, -0.05) is 24.9 Å². The van der Waals surface area contributed by atoms with Gasteiger partial charge >= 0.3 is 12.0 Å². The highest BCUT2D eigenvalue weighted by molar-refractivity contribution is 9.10. The Morgan fingerprint density at radius 2 is 2.10 bits per heavy atom. The predicted molar refractivity (Wildman–Crippen MR) is 86.9 cm³/mol. The molecule has 0 radical (unpaired) electrons. The number of hydrogen-bond acceptors (Lipinski definition) is 2. The molecular weight excluding hydrogens is 360 g/mol. The van der Waals surface area contributed by atoms with Gasteiger partial charge in [-0.2, -0.15) is 0 Å². The summed E-state index contributed by atoms with van der Waals surface area (Å²) in [5.74, 6) is -0.949. The lowest BCUT2D eigenvalue weighted by atomic mass is 10.0. The molecule has 1 unspecified atom stereocenters. The fourth-order valence-corrected chi connectivity index (χ4v) is 2.47. The van der Waals surface area contributed by atoms with Crippen LogP contribution in [0.15, 0.2) is 16.6 Å². The highest BCUT2D eigenvalue weighted by Crippen LogP contribution is 2.29. The second-order valence-corrected chi connectivity index (χ2v) is 6.05. The van der Waals surface area contributed by atoms with E-state index in [1.54, 1.807) is 6.07 Å². The molecule has 1 rings (SSSR count). The maximum atomic E-state index is 11.8. The molecule has 5 nitrogen and oxygen atoms in total. The van der Waals surface area contributed by atoms with E-state index in [-0.39, 0.29) is 18.4 Å². The summed E-state index contributed by atoms with van der Waals surface area (Å²) in [5, 5.41) is 14.7. The third-order valence-electron chi connectivity index (χ3n) is 3.09. The molecule has 0 aliphatic heterocycles. The number of carboxylic acids is 1. The van der Waals surface area contributed by atoms with E-state index in [1.165, 1.54) is 0 Å². The van der Waals surface area contributed by atoms with Gasteiger partial charge in [0, 0.05) is 22.5 Å². The molecule has 7 heteroatoms. The van der Waals surface area contributed by atoms with E-state index < -0.39 is 5.97 Å². The monoisotopic (exact) mass is 376 g/mol. The summed E-state index contributed by atoms with van der Waals surface area (Å²) in [4.78, 5) is 22.5. The van der Waals surface area contributed by atoms with Gasteiger partial charge < -0.3 is 15.7 Å². The topological polar surface area (TPSA) is 78.4 Å². The van der Waals surface area contributed by atoms with E-state index in [9.17, 15) is 9.59 Å². The molecule has 0 heterocycles. The van der Waals surface area contributed by atoms with Crippen molar-refractivity contribution in [3.05, 3.63) is 27.2 Å². The van der Waals surface area contributed by atoms with Crippen molar-refractivity contribution in [1.29, 1.82) is 0 Å². The molecule has 0 aliphatic carbocycles. The van der Waals surface area contributed by atoms with E-state index in [1.807, 2.05) is 19.9 Å². The molecule has 2 amide bonds. The smallest absolute Gasteiger partial charge is 0.319 e. The van der Waals surface area contributed by atoms with Gasteiger partial charge in [0.2, 0.25) is 0 Å². The number of amides is 2. The van der Waals surface area contributed by atoms with Gasteiger partial charge in [0.25, 0.3) is 0 Å². The number of aryl methyl sites for hydroxylation is 1. The minimum Gasteiger partial charge on any atom is -0.481 e. The minimum atomic E-state index is -0.864. The van der Waals surface area contributed by atoms with E-state index in [4.69, 9.17) is 16.7 Å². The van der Waals surface area contributed by atoms with E-state index in [0.29, 0.717) is 23.7 Å². The number of halogens is 2. The summed E-state index contributed by atoms with van der Waals surface area (Å²) in [6.07, 6.45) is 0.726. The number of anilines is 1. The van der Waals surface area contributed by atoms with E-state index in [2.05, 4.69) is 26.6 Å². The summed E-state index contributed by atoms with van der Waals surface area (Å²) in [7, 11) is 0. The molecular formula is C14H18BrClN2O3. The van der Waals surface area contributed by atoms with Crippen molar-refractivity contribution in [3.8, 4) is 0 Å². The Morgan fingerprint density at radius 1 is 1.43 bits per heavy atom. The van der Waals surface area contributed by atoms with Crippen molar-refractivity contribution in [2.75, 3.05) is 11.9 Å². The molecule has 0 fully saturated rings. The number of urea groups is 1. The first-order valence-electron chi connectivity index (χ1n) is 6.55. The molecule has 0 saturated carbocycles. The molecule has 1 aromatic rings. The van der Waals surface area contributed by atoms with Crippen molar-refractivity contribution in [2.45, 2.75) is 26.7 Å². The quantitative estimate of drug-likeness (QED) is 0.700. The normalized spacial score (nSPS) is 11.8. The summed E-state index contributed by atoms with van der Waals surface area (Å²) in [6, 6.07) is 3.09. The maximum absolute atomic E-state index is 11.8. The number of aliphatic carboxylic acids is 1. The van der Waals surface area contributed by atoms with Crippen LogP contribution in [0.1, 0.15) is 25.3 Å². The number of carbonyl (C=O) groups is 2. The molecule has 0 spiro atoms. The number of hydrogen-bond donors (Lipinski definition) is 3. The van der Waals surface area contributed by atoms with Crippen molar-refractivity contribution in [2.24, 2.45) is 5.92 Å². The van der Waals surface area contributed by atoms with Crippen LogP contribution in [0.2, 0.25) is 5.02 Å². The minimum absolute atomic E-state index is 0.0385. The fourth-order valence-electron chi connectivity index (χ4n) is 1.75. The van der Waals surface area contributed by atoms with Crippen LogP contribution in [0, 0.1) is 12.8 Å². The van der Waals surface area contributed by atoms with Crippen molar-refractivity contribution in [1.82, 2.24) is 5.32 Å².